The van der Waals surface area contributed by atoms with Crippen LogP contribution in [0.4, 0.5) is 0 Å². The van der Waals surface area contributed by atoms with E-state index in [1.807, 2.05) is 0 Å². The number of methoxy groups -OCH3 is 1. The first-order valence-corrected chi connectivity index (χ1v) is 5.24. The van der Waals surface area contributed by atoms with Gasteiger partial charge in [0.15, 0.2) is 11.5 Å². The Morgan fingerprint density at radius 3 is 2.71 bits per heavy atom. The summed E-state index contributed by atoms with van der Waals surface area (Å²) in [5.74, 6) is 1.03. The summed E-state index contributed by atoms with van der Waals surface area (Å²) in [4.78, 5) is 0. The van der Waals surface area contributed by atoms with Crippen LogP contribution in [0.2, 0.25) is 0 Å². The Hall–Kier alpha value is -0.740. The summed E-state index contributed by atoms with van der Waals surface area (Å²) in [6, 6.07) is 3.73. The fraction of sp³-hybridized carbons (Fsp3) is 0.400. The topological polar surface area (TPSA) is 55.5 Å². The van der Waals surface area contributed by atoms with Crippen molar-refractivity contribution < 1.29 is 9.84 Å². The second-order valence-corrected chi connectivity index (χ2v) is 4.41. The summed E-state index contributed by atoms with van der Waals surface area (Å²) < 4.78 is 5.95. The van der Waals surface area contributed by atoms with Crippen molar-refractivity contribution in [3.8, 4) is 11.5 Å². The molecule has 76 valence electrons. The van der Waals surface area contributed by atoms with E-state index in [0.29, 0.717) is 11.7 Å². The Kier molecular flexibility index (Phi) is 2.41. The molecule has 4 heteroatoms. The number of hydrogen-bond acceptors (Lipinski definition) is 3. The summed E-state index contributed by atoms with van der Waals surface area (Å²) in [6.45, 7) is 0. The van der Waals surface area contributed by atoms with Crippen LogP contribution in [0.3, 0.4) is 0 Å². The lowest BCUT2D eigenvalue weighted by Gasteiger charge is -2.08. The molecule has 0 bridgehead atoms. The van der Waals surface area contributed by atoms with E-state index >= 15 is 0 Å². The van der Waals surface area contributed by atoms with Crippen molar-refractivity contribution in [3.05, 3.63) is 22.2 Å². The van der Waals surface area contributed by atoms with Crippen molar-refractivity contribution in [3.63, 3.8) is 0 Å². The van der Waals surface area contributed by atoms with Crippen LogP contribution in [0.15, 0.2) is 16.6 Å². The number of aromatic hydroxyl groups is 1. The summed E-state index contributed by atoms with van der Waals surface area (Å²) >= 11 is 3.44. The molecule has 3 N–H and O–H groups in total. The number of rotatable bonds is 2. The number of hydrogen-bond donors (Lipinski definition) is 2. The minimum Gasteiger partial charge on any atom is -0.504 e. The summed E-state index contributed by atoms with van der Waals surface area (Å²) in [6.07, 6.45) is 0.990. The van der Waals surface area contributed by atoms with Crippen molar-refractivity contribution in [2.75, 3.05) is 7.11 Å². The molecule has 0 saturated heterocycles. The molecule has 0 aliphatic heterocycles. The molecule has 0 heterocycles. The second kappa shape index (κ2) is 3.44. The van der Waals surface area contributed by atoms with E-state index in [1.165, 1.54) is 7.11 Å². The molecule has 1 aliphatic carbocycles. The predicted molar refractivity (Wildman–Crippen MR) is 57.7 cm³/mol. The molecular formula is C10H12BrNO2. The highest BCUT2D eigenvalue weighted by molar-refractivity contribution is 9.10. The highest BCUT2D eigenvalue weighted by Crippen LogP contribution is 2.45. The van der Waals surface area contributed by atoms with Crippen molar-refractivity contribution in [2.24, 2.45) is 5.73 Å². The van der Waals surface area contributed by atoms with E-state index in [1.54, 1.807) is 12.1 Å². The van der Waals surface area contributed by atoms with Gasteiger partial charge in [-0.15, -0.1) is 0 Å². The molecule has 1 aliphatic rings. The van der Waals surface area contributed by atoms with Crippen LogP contribution in [-0.2, 0) is 0 Å². The molecule has 2 atom stereocenters. The van der Waals surface area contributed by atoms with Gasteiger partial charge in [0.1, 0.15) is 0 Å². The van der Waals surface area contributed by atoms with Gasteiger partial charge < -0.3 is 15.6 Å². The lowest BCUT2D eigenvalue weighted by Crippen LogP contribution is -2.01. The van der Waals surface area contributed by atoms with Crippen LogP contribution in [0.25, 0.3) is 0 Å². The smallest absolute Gasteiger partial charge is 0.161 e. The molecule has 0 spiro atoms. The molecule has 2 unspecified atom stereocenters. The number of phenols is 1. The minimum absolute atomic E-state index is 0.171. The van der Waals surface area contributed by atoms with Gasteiger partial charge >= 0.3 is 0 Å². The van der Waals surface area contributed by atoms with Gasteiger partial charge in [-0.1, -0.05) is 15.9 Å². The Labute approximate surface area is 91.0 Å². The van der Waals surface area contributed by atoms with Crippen LogP contribution >= 0.6 is 15.9 Å². The maximum atomic E-state index is 9.59. The monoisotopic (exact) mass is 257 g/mol. The summed E-state index contributed by atoms with van der Waals surface area (Å²) in [5.41, 5.74) is 6.82. The van der Waals surface area contributed by atoms with Crippen LogP contribution in [0.1, 0.15) is 17.9 Å². The molecule has 2 rings (SSSR count). The number of ether oxygens (including phenoxy) is 1. The fourth-order valence-corrected chi connectivity index (χ4v) is 2.20. The van der Waals surface area contributed by atoms with Crippen LogP contribution in [0.5, 0.6) is 11.5 Å². The summed E-state index contributed by atoms with van der Waals surface area (Å²) in [5, 5.41) is 9.59. The standard InChI is InChI=1S/C10H12BrNO2/c1-14-10-4-7(11)5(3-9(10)13)6-2-8(6)12/h3-4,6,8,13H,2,12H2,1H3. The highest BCUT2D eigenvalue weighted by atomic mass is 79.9. The van der Waals surface area contributed by atoms with Crippen LogP contribution < -0.4 is 10.5 Å². The van der Waals surface area contributed by atoms with Gasteiger partial charge in [-0.2, -0.15) is 0 Å². The lowest BCUT2D eigenvalue weighted by atomic mass is 10.1. The normalized spacial score (nSPS) is 24.8. The van der Waals surface area contributed by atoms with E-state index in [-0.39, 0.29) is 11.8 Å². The van der Waals surface area contributed by atoms with E-state index < -0.39 is 0 Å². The predicted octanol–water partition coefficient (Wildman–Crippen LogP) is 1.98. The maximum Gasteiger partial charge on any atom is 0.161 e. The number of nitrogens with two attached hydrogens (primary N) is 1. The Morgan fingerprint density at radius 1 is 1.57 bits per heavy atom. The van der Waals surface area contributed by atoms with Crippen molar-refractivity contribution >= 4 is 15.9 Å². The highest BCUT2D eigenvalue weighted by Gasteiger charge is 2.36. The Balaban J connectivity index is 2.38. The van der Waals surface area contributed by atoms with E-state index in [0.717, 1.165) is 16.5 Å². The van der Waals surface area contributed by atoms with Gasteiger partial charge in [-0.25, -0.2) is 0 Å². The SMILES string of the molecule is COc1cc(Br)c(C2CC2N)cc1O. The van der Waals surface area contributed by atoms with E-state index in [2.05, 4.69) is 15.9 Å². The van der Waals surface area contributed by atoms with Gasteiger partial charge in [0.2, 0.25) is 0 Å². The molecule has 1 aromatic rings. The molecule has 1 saturated carbocycles. The third kappa shape index (κ3) is 1.60. The first-order valence-electron chi connectivity index (χ1n) is 4.45. The van der Waals surface area contributed by atoms with Crippen LogP contribution in [-0.4, -0.2) is 18.3 Å². The van der Waals surface area contributed by atoms with Crippen molar-refractivity contribution in [2.45, 2.75) is 18.4 Å². The number of phenolic OH excluding ortho intramolecular Hbond substituents is 1. The van der Waals surface area contributed by atoms with E-state index in [9.17, 15) is 5.11 Å². The Bertz CT molecular complexity index is 367. The Morgan fingerprint density at radius 2 is 2.21 bits per heavy atom. The molecule has 1 aromatic carbocycles. The third-order valence-corrected chi connectivity index (χ3v) is 3.22. The molecule has 0 amide bonds. The summed E-state index contributed by atoms with van der Waals surface area (Å²) in [7, 11) is 1.53. The van der Waals surface area contributed by atoms with Gasteiger partial charge in [0, 0.05) is 16.4 Å². The minimum atomic E-state index is 0.171. The van der Waals surface area contributed by atoms with Crippen molar-refractivity contribution in [1.82, 2.24) is 0 Å². The zero-order valence-electron chi connectivity index (χ0n) is 7.83. The first-order chi connectivity index (χ1) is 6.63. The zero-order chi connectivity index (χ0) is 10.3. The molecule has 0 radical (unpaired) electrons. The van der Waals surface area contributed by atoms with Gasteiger partial charge in [-0.3, -0.25) is 0 Å². The van der Waals surface area contributed by atoms with E-state index in [4.69, 9.17) is 10.5 Å². The zero-order valence-corrected chi connectivity index (χ0v) is 9.41. The maximum absolute atomic E-state index is 9.59. The van der Waals surface area contributed by atoms with Gasteiger partial charge in [0.05, 0.1) is 7.11 Å². The fourth-order valence-electron chi connectivity index (χ4n) is 1.58. The average Bonchev–Trinajstić information content (AvgIpc) is 2.86. The molecule has 14 heavy (non-hydrogen) atoms. The number of halogens is 1. The first kappa shape index (κ1) is 9.80. The largest absolute Gasteiger partial charge is 0.504 e. The molecule has 1 fully saturated rings. The van der Waals surface area contributed by atoms with Crippen LogP contribution in [0, 0.1) is 0 Å². The molecule has 3 nitrogen and oxygen atoms in total. The quantitative estimate of drug-likeness (QED) is 0.852. The molecule has 0 aromatic heterocycles. The van der Waals surface area contributed by atoms with Gasteiger partial charge in [0.25, 0.3) is 0 Å². The molecular weight excluding hydrogens is 246 g/mol. The third-order valence-electron chi connectivity index (χ3n) is 2.54. The average molecular weight is 258 g/mol. The number of benzene rings is 1. The van der Waals surface area contributed by atoms with Gasteiger partial charge in [-0.05, 0) is 24.1 Å². The van der Waals surface area contributed by atoms with Crippen molar-refractivity contribution in [1.29, 1.82) is 0 Å². The lowest BCUT2D eigenvalue weighted by molar-refractivity contribution is 0.372. The second-order valence-electron chi connectivity index (χ2n) is 3.55.